The number of nitrogens with one attached hydrogen (secondary N) is 1. The van der Waals surface area contributed by atoms with Crippen LogP contribution in [0.1, 0.15) is 38.3 Å². The van der Waals surface area contributed by atoms with Gasteiger partial charge in [0.2, 0.25) is 11.8 Å². The van der Waals surface area contributed by atoms with Crippen molar-refractivity contribution in [2.75, 3.05) is 10.8 Å². The summed E-state index contributed by atoms with van der Waals surface area (Å²) in [4.78, 5) is 28.4. The summed E-state index contributed by atoms with van der Waals surface area (Å²) >= 11 is 6.19. The van der Waals surface area contributed by atoms with Gasteiger partial charge in [-0.15, -0.1) is 0 Å². The molecule has 0 fully saturated rings. The number of nitrogens with zero attached hydrogens (tertiary/aromatic N) is 2. The van der Waals surface area contributed by atoms with Crippen LogP contribution < -0.4 is 9.62 Å². The summed E-state index contributed by atoms with van der Waals surface area (Å²) < 4.78 is 42.2. The Kier molecular flexibility index (Phi) is 10.1. The lowest BCUT2D eigenvalue weighted by molar-refractivity contribution is -0.140. The first-order chi connectivity index (χ1) is 18.4. The number of halogens is 2. The van der Waals surface area contributed by atoms with E-state index >= 15 is 0 Å². The number of hydrogen-bond donors (Lipinski definition) is 1. The summed E-state index contributed by atoms with van der Waals surface area (Å²) in [5, 5.41) is 3.14. The van der Waals surface area contributed by atoms with Crippen LogP contribution in [0.25, 0.3) is 0 Å². The number of carbonyl (C=O) groups excluding carboxylic acids is 2. The average Bonchev–Trinajstić information content (AvgIpc) is 2.88. The van der Waals surface area contributed by atoms with E-state index in [1.165, 1.54) is 47.4 Å². The molecule has 208 valence electrons. The van der Waals surface area contributed by atoms with E-state index < -0.39 is 34.3 Å². The number of amides is 2. The predicted octanol–water partition coefficient (Wildman–Crippen LogP) is 5.31. The van der Waals surface area contributed by atoms with Crippen LogP contribution in [0.5, 0.6) is 0 Å². The fraction of sp³-hybridized carbons (Fsp3) is 0.310. The second-order valence-electron chi connectivity index (χ2n) is 9.54. The van der Waals surface area contributed by atoms with Gasteiger partial charge in [0.1, 0.15) is 18.4 Å². The molecule has 3 rings (SSSR count). The van der Waals surface area contributed by atoms with Gasteiger partial charge in [-0.05, 0) is 75.2 Å². The van der Waals surface area contributed by atoms with Gasteiger partial charge >= 0.3 is 0 Å². The van der Waals surface area contributed by atoms with Crippen molar-refractivity contribution in [1.82, 2.24) is 10.2 Å². The minimum atomic E-state index is -4.19. The standard InChI is InChI=1S/C29H33ClFN3O4S/c1-5-27(29(36)32-20(2)3)33(18-22-11-13-24(31)14-12-22)28(35)19-34(25-8-6-7-23(30)17-25)39(37,38)26-15-9-21(4)10-16-26/h6-17,20,27H,5,18-19H2,1-4H3,(H,32,36). The van der Waals surface area contributed by atoms with Gasteiger partial charge in [-0.25, -0.2) is 12.8 Å². The highest BCUT2D eigenvalue weighted by Crippen LogP contribution is 2.27. The van der Waals surface area contributed by atoms with Crippen LogP contribution in [0.2, 0.25) is 5.02 Å². The largest absolute Gasteiger partial charge is 0.352 e. The van der Waals surface area contributed by atoms with Crippen LogP contribution in [-0.4, -0.2) is 43.8 Å². The zero-order chi connectivity index (χ0) is 28.7. The third kappa shape index (κ3) is 7.80. The fourth-order valence-electron chi connectivity index (χ4n) is 4.08. The van der Waals surface area contributed by atoms with Gasteiger partial charge in [-0.1, -0.05) is 54.4 Å². The molecule has 39 heavy (non-hydrogen) atoms. The maximum absolute atomic E-state index is 13.9. The van der Waals surface area contributed by atoms with Crippen LogP contribution in [0.4, 0.5) is 10.1 Å². The van der Waals surface area contributed by atoms with Crippen molar-refractivity contribution >= 4 is 39.1 Å². The van der Waals surface area contributed by atoms with E-state index in [1.54, 1.807) is 37.3 Å². The van der Waals surface area contributed by atoms with Crippen molar-refractivity contribution in [3.05, 3.63) is 94.8 Å². The molecule has 1 unspecified atom stereocenters. The number of benzene rings is 3. The molecule has 3 aromatic carbocycles. The van der Waals surface area contributed by atoms with Crippen LogP contribution in [-0.2, 0) is 26.2 Å². The fourth-order valence-corrected chi connectivity index (χ4v) is 5.67. The van der Waals surface area contributed by atoms with Gasteiger partial charge in [0.15, 0.2) is 0 Å². The zero-order valence-corrected chi connectivity index (χ0v) is 24.0. The molecule has 0 spiro atoms. The number of sulfonamides is 1. The van der Waals surface area contributed by atoms with E-state index in [2.05, 4.69) is 5.32 Å². The maximum Gasteiger partial charge on any atom is 0.264 e. The van der Waals surface area contributed by atoms with Crippen LogP contribution >= 0.6 is 11.6 Å². The Morgan fingerprint density at radius 3 is 2.21 bits per heavy atom. The molecule has 0 saturated carbocycles. The minimum Gasteiger partial charge on any atom is -0.352 e. The first-order valence-corrected chi connectivity index (χ1v) is 14.4. The molecule has 7 nitrogen and oxygen atoms in total. The van der Waals surface area contributed by atoms with E-state index in [1.807, 2.05) is 20.8 Å². The van der Waals surface area contributed by atoms with E-state index in [0.29, 0.717) is 10.6 Å². The Bertz CT molecular complexity index is 1400. The molecular weight excluding hydrogens is 541 g/mol. The third-order valence-corrected chi connectivity index (χ3v) is 8.09. The van der Waals surface area contributed by atoms with E-state index in [9.17, 15) is 22.4 Å². The van der Waals surface area contributed by atoms with E-state index in [-0.39, 0.29) is 35.5 Å². The van der Waals surface area contributed by atoms with Gasteiger partial charge in [-0.2, -0.15) is 0 Å². The molecule has 0 aliphatic heterocycles. The summed E-state index contributed by atoms with van der Waals surface area (Å²) in [5.41, 5.74) is 1.68. The monoisotopic (exact) mass is 573 g/mol. The van der Waals surface area contributed by atoms with Crippen LogP contribution in [0.3, 0.4) is 0 Å². The van der Waals surface area contributed by atoms with Gasteiger partial charge in [0.05, 0.1) is 10.6 Å². The van der Waals surface area contributed by atoms with Crippen molar-refractivity contribution in [3.8, 4) is 0 Å². The molecule has 10 heteroatoms. The summed E-state index contributed by atoms with van der Waals surface area (Å²) in [6.07, 6.45) is 0.285. The molecule has 0 bridgehead atoms. The van der Waals surface area contributed by atoms with Gasteiger partial charge in [-0.3, -0.25) is 13.9 Å². The highest BCUT2D eigenvalue weighted by molar-refractivity contribution is 7.92. The van der Waals surface area contributed by atoms with E-state index in [4.69, 9.17) is 11.6 Å². The van der Waals surface area contributed by atoms with Gasteiger partial charge in [0, 0.05) is 17.6 Å². The molecule has 0 saturated heterocycles. The first kappa shape index (κ1) is 30.1. The summed E-state index contributed by atoms with van der Waals surface area (Å²) in [7, 11) is -4.19. The Balaban J connectivity index is 2.06. The van der Waals surface area contributed by atoms with Crippen molar-refractivity contribution in [3.63, 3.8) is 0 Å². The number of anilines is 1. The average molecular weight is 574 g/mol. The Labute approximate surface area is 234 Å². The summed E-state index contributed by atoms with van der Waals surface area (Å²) in [6.45, 7) is 6.64. The Morgan fingerprint density at radius 2 is 1.64 bits per heavy atom. The third-order valence-electron chi connectivity index (χ3n) is 6.07. The van der Waals surface area contributed by atoms with Crippen LogP contribution in [0, 0.1) is 12.7 Å². The molecule has 1 N–H and O–H groups in total. The molecule has 3 aromatic rings. The first-order valence-electron chi connectivity index (χ1n) is 12.6. The highest BCUT2D eigenvalue weighted by Gasteiger charge is 2.34. The number of rotatable bonds is 11. The lowest BCUT2D eigenvalue weighted by Gasteiger charge is -2.33. The van der Waals surface area contributed by atoms with Crippen molar-refractivity contribution < 1.29 is 22.4 Å². The normalized spacial score (nSPS) is 12.2. The Morgan fingerprint density at radius 1 is 1.00 bits per heavy atom. The molecule has 0 aliphatic rings. The molecule has 0 aliphatic carbocycles. The highest BCUT2D eigenvalue weighted by atomic mass is 35.5. The lowest BCUT2D eigenvalue weighted by atomic mass is 10.1. The van der Waals surface area contributed by atoms with Crippen molar-refractivity contribution in [2.45, 2.75) is 57.6 Å². The van der Waals surface area contributed by atoms with Gasteiger partial charge < -0.3 is 10.2 Å². The molecule has 0 aromatic heterocycles. The molecule has 0 heterocycles. The number of carbonyl (C=O) groups is 2. The number of aryl methyl sites for hydroxylation is 1. The molecule has 2 amide bonds. The topological polar surface area (TPSA) is 86.8 Å². The maximum atomic E-state index is 13.9. The summed E-state index contributed by atoms with van der Waals surface area (Å²) in [5.74, 6) is -1.39. The second kappa shape index (κ2) is 13.1. The van der Waals surface area contributed by atoms with Crippen LogP contribution in [0.15, 0.2) is 77.7 Å². The van der Waals surface area contributed by atoms with Crippen molar-refractivity contribution in [2.24, 2.45) is 0 Å². The van der Waals surface area contributed by atoms with Crippen molar-refractivity contribution in [1.29, 1.82) is 0 Å². The second-order valence-corrected chi connectivity index (χ2v) is 11.8. The smallest absolute Gasteiger partial charge is 0.264 e. The quantitative estimate of drug-likeness (QED) is 0.337. The number of hydrogen-bond acceptors (Lipinski definition) is 4. The minimum absolute atomic E-state index is 0.00977. The summed E-state index contributed by atoms with van der Waals surface area (Å²) in [6, 6.07) is 17.1. The molecule has 0 radical (unpaired) electrons. The van der Waals surface area contributed by atoms with E-state index in [0.717, 1.165) is 9.87 Å². The molecular formula is C29H33ClFN3O4S. The Hall–Kier alpha value is -3.43. The molecule has 1 atom stereocenters. The predicted molar refractivity (Wildman–Crippen MR) is 151 cm³/mol. The zero-order valence-electron chi connectivity index (χ0n) is 22.4. The lowest BCUT2D eigenvalue weighted by Crippen LogP contribution is -2.53. The van der Waals surface area contributed by atoms with Gasteiger partial charge in [0.25, 0.3) is 10.0 Å². The SMILES string of the molecule is CCC(C(=O)NC(C)C)N(Cc1ccc(F)cc1)C(=O)CN(c1cccc(Cl)c1)S(=O)(=O)c1ccc(C)cc1.